The summed E-state index contributed by atoms with van der Waals surface area (Å²) in [6, 6.07) is 12.9. The van der Waals surface area contributed by atoms with E-state index in [2.05, 4.69) is 27.6 Å². The largest absolute Gasteiger partial charge is 0.493 e. The summed E-state index contributed by atoms with van der Waals surface area (Å²) in [4.78, 5) is 27.8. The van der Waals surface area contributed by atoms with E-state index in [1.165, 1.54) is 0 Å². The Hall–Kier alpha value is -3.76. The molecule has 11 heteroatoms. The number of hydrogen-bond donors (Lipinski definition) is 2. The SMILES string of the molecule is CCc1nn(C)c(Cl)c1CN1C[C@@H]2NC(=O)CCc3ccc(c(OC)c3)OCC(=O)NCc3ccc(cc3)O[C@H]2C1. The second kappa shape index (κ2) is 12.8. The Morgan fingerprint density at radius 2 is 1.85 bits per heavy atom. The van der Waals surface area contributed by atoms with E-state index < -0.39 is 0 Å². The van der Waals surface area contributed by atoms with Gasteiger partial charge in [0.1, 0.15) is 17.0 Å². The van der Waals surface area contributed by atoms with E-state index in [4.69, 9.17) is 25.8 Å². The van der Waals surface area contributed by atoms with Crippen molar-refractivity contribution in [1.82, 2.24) is 25.3 Å². The van der Waals surface area contributed by atoms with Crippen molar-refractivity contribution in [3.8, 4) is 17.2 Å². The van der Waals surface area contributed by atoms with Crippen LogP contribution in [-0.2, 0) is 42.6 Å². The monoisotopic (exact) mass is 581 g/mol. The molecule has 218 valence electrons. The van der Waals surface area contributed by atoms with Crippen LogP contribution >= 0.6 is 11.6 Å². The van der Waals surface area contributed by atoms with Gasteiger partial charge in [-0.05, 0) is 48.2 Å². The van der Waals surface area contributed by atoms with E-state index in [0.29, 0.717) is 61.4 Å². The molecule has 3 aromatic rings. The van der Waals surface area contributed by atoms with Crippen molar-refractivity contribution < 1.29 is 23.8 Å². The van der Waals surface area contributed by atoms with Crippen LogP contribution in [0.15, 0.2) is 42.5 Å². The predicted molar refractivity (Wildman–Crippen MR) is 154 cm³/mol. The van der Waals surface area contributed by atoms with E-state index in [9.17, 15) is 9.59 Å². The fourth-order valence-corrected chi connectivity index (χ4v) is 5.49. The van der Waals surface area contributed by atoms with Gasteiger partial charge in [-0.15, -0.1) is 0 Å². The molecule has 2 aromatic carbocycles. The van der Waals surface area contributed by atoms with Crippen LogP contribution in [0.25, 0.3) is 0 Å². The van der Waals surface area contributed by atoms with Gasteiger partial charge in [0.15, 0.2) is 18.1 Å². The van der Waals surface area contributed by atoms with E-state index in [1.54, 1.807) is 17.9 Å². The number of carbonyl (C=O) groups is 2. The van der Waals surface area contributed by atoms with Gasteiger partial charge in [0.2, 0.25) is 5.91 Å². The minimum Gasteiger partial charge on any atom is -0.493 e. The molecule has 6 heterocycles. The first-order valence-electron chi connectivity index (χ1n) is 13.9. The number of aromatic nitrogens is 2. The van der Waals surface area contributed by atoms with E-state index >= 15 is 0 Å². The number of halogens is 1. The lowest BCUT2D eigenvalue weighted by Gasteiger charge is -2.22. The van der Waals surface area contributed by atoms with Gasteiger partial charge in [-0.25, -0.2) is 0 Å². The van der Waals surface area contributed by atoms with Crippen LogP contribution in [0.2, 0.25) is 5.15 Å². The van der Waals surface area contributed by atoms with Crippen LogP contribution in [0.3, 0.4) is 0 Å². The van der Waals surface area contributed by atoms with Crippen LogP contribution in [-0.4, -0.2) is 65.4 Å². The lowest BCUT2D eigenvalue weighted by Crippen LogP contribution is -2.45. The van der Waals surface area contributed by atoms with Crippen molar-refractivity contribution in [3.63, 3.8) is 0 Å². The molecular formula is C30H36ClN5O5. The summed E-state index contributed by atoms with van der Waals surface area (Å²) in [6.07, 6.45) is 1.36. The van der Waals surface area contributed by atoms with Gasteiger partial charge in [0.25, 0.3) is 5.91 Å². The Labute approximate surface area is 244 Å². The lowest BCUT2D eigenvalue weighted by atomic mass is 10.1. The first-order chi connectivity index (χ1) is 19.8. The maximum atomic E-state index is 13.1. The molecule has 0 saturated carbocycles. The van der Waals surface area contributed by atoms with E-state index in [1.807, 2.05) is 43.4 Å². The van der Waals surface area contributed by atoms with Gasteiger partial charge in [0.05, 0.1) is 18.8 Å². The minimum absolute atomic E-state index is 0.0557. The van der Waals surface area contributed by atoms with Crippen molar-refractivity contribution in [2.45, 2.75) is 51.4 Å². The summed E-state index contributed by atoms with van der Waals surface area (Å²) in [5.74, 6) is 1.39. The van der Waals surface area contributed by atoms with Crippen molar-refractivity contribution in [2.75, 3.05) is 26.8 Å². The number of amides is 2. The fraction of sp³-hybridized carbons (Fsp3) is 0.433. The Kier molecular flexibility index (Phi) is 8.99. The van der Waals surface area contributed by atoms with Gasteiger partial charge >= 0.3 is 0 Å². The fourth-order valence-electron chi connectivity index (χ4n) is 5.28. The number of nitrogens with zero attached hydrogens (tertiary/aromatic N) is 3. The average molecular weight is 582 g/mol. The molecule has 1 fully saturated rings. The average Bonchev–Trinajstić information content (AvgIpc) is 3.48. The zero-order valence-electron chi connectivity index (χ0n) is 23.6. The predicted octanol–water partition coefficient (Wildman–Crippen LogP) is 3.03. The first-order valence-corrected chi connectivity index (χ1v) is 14.2. The van der Waals surface area contributed by atoms with E-state index in [0.717, 1.165) is 28.8 Å². The van der Waals surface area contributed by atoms with Crippen LogP contribution in [0.1, 0.15) is 35.7 Å². The highest BCUT2D eigenvalue weighted by Crippen LogP contribution is 2.29. The van der Waals surface area contributed by atoms with Crippen LogP contribution in [0.5, 0.6) is 17.2 Å². The Morgan fingerprint density at radius 1 is 1.07 bits per heavy atom. The molecule has 0 radical (unpaired) electrons. The number of likely N-dealkylation sites (tertiary alicyclic amines) is 1. The molecule has 0 aliphatic carbocycles. The maximum Gasteiger partial charge on any atom is 0.258 e. The molecule has 5 aliphatic heterocycles. The highest BCUT2D eigenvalue weighted by Gasteiger charge is 2.36. The highest BCUT2D eigenvalue weighted by atomic mass is 35.5. The molecule has 0 unspecified atom stereocenters. The Balaban J connectivity index is 1.37. The zero-order chi connectivity index (χ0) is 28.9. The Bertz CT molecular complexity index is 1390. The van der Waals surface area contributed by atoms with Gasteiger partial charge in [-0.3, -0.25) is 19.2 Å². The molecule has 4 bridgehead atoms. The second-order valence-electron chi connectivity index (χ2n) is 10.4. The van der Waals surface area contributed by atoms with Crippen molar-refractivity contribution >= 4 is 23.4 Å². The molecule has 0 spiro atoms. The molecule has 8 rings (SSSR count). The summed E-state index contributed by atoms with van der Waals surface area (Å²) in [5.41, 5.74) is 3.84. The number of benzene rings is 2. The number of hydrogen-bond acceptors (Lipinski definition) is 7. The number of ether oxygens (including phenoxy) is 3. The third kappa shape index (κ3) is 6.94. The van der Waals surface area contributed by atoms with Gasteiger partial charge in [-0.1, -0.05) is 36.7 Å². The number of nitrogens with one attached hydrogen (secondary N) is 2. The molecule has 10 nitrogen and oxygen atoms in total. The Morgan fingerprint density at radius 3 is 2.61 bits per heavy atom. The van der Waals surface area contributed by atoms with Crippen LogP contribution in [0.4, 0.5) is 0 Å². The summed E-state index contributed by atoms with van der Waals surface area (Å²) in [7, 11) is 3.40. The summed E-state index contributed by atoms with van der Waals surface area (Å²) >= 11 is 6.58. The molecule has 5 aliphatic rings. The van der Waals surface area contributed by atoms with Gasteiger partial charge in [0, 0.05) is 45.2 Å². The number of rotatable bonds is 4. The number of carbonyl (C=O) groups excluding carboxylic acids is 2. The number of methoxy groups -OCH3 is 1. The lowest BCUT2D eigenvalue weighted by molar-refractivity contribution is -0.123. The summed E-state index contributed by atoms with van der Waals surface area (Å²) < 4.78 is 19.3. The topological polar surface area (TPSA) is 107 Å². The highest BCUT2D eigenvalue weighted by molar-refractivity contribution is 6.30. The third-order valence-electron chi connectivity index (χ3n) is 7.49. The molecule has 2 N–H and O–H groups in total. The second-order valence-corrected chi connectivity index (χ2v) is 10.8. The number of aryl methyl sites for hydroxylation is 3. The van der Waals surface area contributed by atoms with Crippen LogP contribution < -0.4 is 24.8 Å². The van der Waals surface area contributed by atoms with Crippen molar-refractivity contribution in [1.29, 1.82) is 0 Å². The third-order valence-corrected chi connectivity index (χ3v) is 7.96. The van der Waals surface area contributed by atoms with Crippen molar-refractivity contribution in [3.05, 3.63) is 70.0 Å². The molecular weight excluding hydrogens is 546 g/mol. The smallest absolute Gasteiger partial charge is 0.258 e. The molecule has 2 amide bonds. The zero-order valence-corrected chi connectivity index (χ0v) is 24.4. The quantitative estimate of drug-likeness (QED) is 0.488. The standard InChI is InChI=1S/C30H36ClN5O5/c1-4-23-22(30(31)35(2)34-23)15-36-16-24-27(17-36)41-21-9-5-20(6-10-21)14-32-29(38)18-40-25-11-7-19(13-26(25)39-3)8-12-28(37)33-24/h5-7,9-11,13,24,27H,4,8,12,14-18H2,1-3H3,(H,32,38)(H,33,37)/t24-,27-/m0/s1. The first kappa shape index (κ1) is 28.8. The minimum atomic E-state index is -0.257. The summed E-state index contributed by atoms with van der Waals surface area (Å²) in [6.45, 7) is 4.15. The summed E-state index contributed by atoms with van der Waals surface area (Å²) in [5, 5.41) is 11.3. The molecule has 41 heavy (non-hydrogen) atoms. The normalized spacial score (nSPS) is 20.1. The van der Waals surface area contributed by atoms with E-state index in [-0.39, 0.29) is 30.6 Å². The maximum absolute atomic E-state index is 13.1. The molecule has 1 saturated heterocycles. The molecule has 2 atom stereocenters. The van der Waals surface area contributed by atoms with Crippen molar-refractivity contribution in [2.24, 2.45) is 7.05 Å². The van der Waals surface area contributed by atoms with Gasteiger partial charge < -0.3 is 24.8 Å². The van der Waals surface area contributed by atoms with Gasteiger partial charge in [-0.2, -0.15) is 5.10 Å². The van der Waals surface area contributed by atoms with Crippen LogP contribution in [0, 0.1) is 0 Å². The molecule has 1 aromatic heterocycles.